The number of hydrogen-bond donors (Lipinski definition) is 0. The predicted octanol–water partition coefficient (Wildman–Crippen LogP) is 3.31. The third-order valence-electron chi connectivity index (χ3n) is 0. The molecule has 2 heteroatoms. The smallest absolute Gasteiger partial charge is 0 e. The maximum atomic E-state index is 3.49. The molecule has 0 aliphatic heterocycles. The van der Waals surface area contributed by atoms with Crippen LogP contribution >= 0.6 is 0 Å². The predicted molar refractivity (Wildman–Crippen MR) is 52.7 cm³/mol. The topological polar surface area (TPSA) is 0 Å². The maximum Gasteiger partial charge on any atom is 0 e. The molecule has 0 atom stereocenters. The minimum absolute atomic E-state index is 0. The van der Waals surface area contributed by atoms with Crippen LogP contribution in [0.4, 0.5) is 0 Å². The normalized spacial score (nSPS) is 4.91. The third-order valence-corrected chi connectivity index (χ3v) is 0. The van der Waals surface area contributed by atoms with Crippen LogP contribution in [0.25, 0.3) is 0 Å². The van der Waals surface area contributed by atoms with Crippen molar-refractivity contribution in [1.82, 2.24) is 0 Å². The Morgan fingerprint density at radius 2 is 0.727 bits per heavy atom. The van der Waals surface area contributed by atoms with Crippen molar-refractivity contribution in [3.63, 3.8) is 0 Å². The van der Waals surface area contributed by atoms with Crippen LogP contribution in [0.1, 0.15) is 40.0 Å². The van der Waals surface area contributed by atoms with E-state index in [9.17, 15) is 0 Å². The van der Waals surface area contributed by atoms with Gasteiger partial charge in [-0.25, -0.2) is 0 Å². The molecule has 0 N–H and O–H groups in total. The van der Waals surface area contributed by atoms with Crippen LogP contribution in [0.2, 0.25) is 0 Å². The Balaban J connectivity index is -0.0000000150. The van der Waals surface area contributed by atoms with E-state index in [1.54, 1.807) is 0 Å². The van der Waals surface area contributed by atoms with E-state index >= 15 is 0 Å². The van der Waals surface area contributed by atoms with E-state index in [2.05, 4.69) is 20.8 Å². The molecule has 0 aliphatic rings. The summed E-state index contributed by atoms with van der Waals surface area (Å²) < 4.78 is 0. The molecule has 0 spiro atoms. The molecule has 0 saturated carbocycles. The van der Waals surface area contributed by atoms with Crippen molar-refractivity contribution in [2.24, 2.45) is 0 Å². The molecule has 0 aliphatic carbocycles. The fourth-order valence-corrected chi connectivity index (χ4v) is 0. The molecule has 0 bridgehead atoms. The van der Waals surface area contributed by atoms with Gasteiger partial charge in [0.15, 0.2) is 0 Å². The molecule has 0 fully saturated rings. The van der Waals surface area contributed by atoms with Gasteiger partial charge in [0.25, 0.3) is 0 Å². The van der Waals surface area contributed by atoms with Gasteiger partial charge in [-0.15, -0.1) is 0 Å². The van der Waals surface area contributed by atoms with Gasteiger partial charge in [0, 0.05) is 49.0 Å². The van der Waals surface area contributed by atoms with Crippen LogP contribution in [0.5, 0.6) is 0 Å². The first-order chi connectivity index (χ1) is 4.24. The van der Waals surface area contributed by atoms with Gasteiger partial charge >= 0.3 is 0 Å². The van der Waals surface area contributed by atoms with Crippen molar-refractivity contribution in [2.75, 3.05) is 0 Å². The Labute approximate surface area is 109 Å². The summed E-state index contributed by atoms with van der Waals surface area (Å²) in [6, 6.07) is 0. The van der Waals surface area contributed by atoms with E-state index in [1.807, 2.05) is 20.8 Å². The van der Waals surface area contributed by atoms with Crippen LogP contribution in [-0.4, -0.2) is 29.6 Å². The van der Waals surface area contributed by atoms with Crippen molar-refractivity contribution in [3.8, 4) is 0 Å². The van der Waals surface area contributed by atoms with E-state index in [0.29, 0.717) is 0 Å². The monoisotopic (exact) mass is 216 g/mol. The average molecular weight is 218 g/mol. The second-order valence-corrected chi connectivity index (χ2v) is 1.50. The van der Waals surface area contributed by atoms with Gasteiger partial charge in [-0.05, 0) is 0 Å². The number of hydrogen-bond acceptors (Lipinski definition) is 0. The van der Waals surface area contributed by atoms with Crippen molar-refractivity contribution in [3.05, 3.63) is 20.8 Å². The average Bonchev–Trinajstić information content (AvgIpc) is 1.70. The van der Waals surface area contributed by atoms with E-state index in [-0.39, 0.29) is 49.0 Å². The van der Waals surface area contributed by atoms with Crippen molar-refractivity contribution in [1.29, 1.82) is 0 Å². The third kappa shape index (κ3) is 408. The van der Waals surface area contributed by atoms with Crippen LogP contribution in [0.3, 0.4) is 0 Å². The van der Waals surface area contributed by atoms with Crippen molar-refractivity contribution in [2.45, 2.75) is 40.0 Å². The van der Waals surface area contributed by atoms with E-state index in [4.69, 9.17) is 0 Å². The van der Waals surface area contributed by atoms with E-state index < -0.39 is 0 Å². The summed E-state index contributed by atoms with van der Waals surface area (Å²) in [7, 11) is 0. The summed E-state index contributed by atoms with van der Waals surface area (Å²) in [5, 5.41) is 0. The summed E-state index contributed by atoms with van der Waals surface area (Å²) in [5.41, 5.74) is 0. The van der Waals surface area contributed by atoms with Crippen molar-refractivity contribution >= 4 is 29.6 Å². The van der Waals surface area contributed by atoms with Gasteiger partial charge in [-0.2, -0.15) is 19.3 Å². The number of rotatable bonds is 0. The summed E-state index contributed by atoms with van der Waals surface area (Å²) in [5.74, 6) is 0. The molecule has 0 amide bonds. The SMILES string of the molecule is [CH2-]CC.[CH2-]CC.[CH2-]CC.[Na].[Zn]. The zero-order valence-corrected chi connectivity index (χ0v) is 13.9. The zero-order valence-electron chi connectivity index (χ0n) is 8.95. The fraction of sp³-hybridized carbons (Fsp3) is 0.667. The second-order valence-electron chi connectivity index (χ2n) is 1.50. The van der Waals surface area contributed by atoms with Crippen molar-refractivity contribution < 1.29 is 19.5 Å². The maximum absolute atomic E-state index is 3.49. The summed E-state index contributed by atoms with van der Waals surface area (Å²) >= 11 is 0. The molecule has 0 unspecified atom stereocenters. The molecular formula is C9H21NaZn-3. The van der Waals surface area contributed by atoms with Gasteiger partial charge in [-0.1, -0.05) is 20.8 Å². The quantitative estimate of drug-likeness (QED) is 0.431. The Kier molecular flexibility index (Phi) is 164. The van der Waals surface area contributed by atoms with E-state index in [1.165, 1.54) is 0 Å². The van der Waals surface area contributed by atoms with Gasteiger partial charge in [0.1, 0.15) is 0 Å². The van der Waals surface area contributed by atoms with Crippen LogP contribution in [0.15, 0.2) is 0 Å². The Hall–Kier alpha value is 1.62. The summed E-state index contributed by atoms with van der Waals surface area (Å²) in [6.07, 6.45) is 3.00. The first-order valence-corrected chi connectivity index (χ1v) is 3.62. The summed E-state index contributed by atoms with van der Waals surface area (Å²) in [4.78, 5) is 0. The standard InChI is InChI=1S/3C3H7.Na.Zn/c3*1-3-2;;/h3*1,3H2,2H3;;/q3*-1;;. The Morgan fingerprint density at radius 3 is 0.727 bits per heavy atom. The van der Waals surface area contributed by atoms with Gasteiger partial charge < -0.3 is 20.8 Å². The molecule has 0 saturated heterocycles. The molecule has 0 aromatic carbocycles. The minimum atomic E-state index is 0. The fourth-order valence-electron chi connectivity index (χ4n) is 0. The largest absolute Gasteiger partial charge is 0.344 e. The second kappa shape index (κ2) is 61.4. The molecule has 0 aromatic rings. The Morgan fingerprint density at radius 1 is 0.727 bits per heavy atom. The molecule has 0 aromatic heterocycles. The van der Waals surface area contributed by atoms with Gasteiger partial charge in [-0.3, -0.25) is 0 Å². The molecule has 63 valence electrons. The van der Waals surface area contributed by atoms with E-state index in [0.717, 1.165) is 19.3 Å². The first-order valence-electron chi connectivity index (χ1n) is 3.62. The van der Waals surface area contributed by atoms with Gasteiger partial charge in [0.2, 0.25) is 0 Å². The zero-order chi connectivity index (χ0) is 8.12. The molecule has 11 heavy (non-hydrogen) atoms. The van der Waals surface area contributed by atoms with Gasteiger partial charge in [0.05, 0.1) is 0 Å². The summed E-state index contributed by atoms with van der Waals surface area (Å²) in [6.45, 7) is 16.5. The van der Waals surface area contributed by atoms with Crippen LogP contribution in [-0.2, 0) is 19.5 Å². The first kappa shape index (κ1) is 29.3. The molecular weight excluding hydrogens is 196 g/mol. The van der Waals surface area contributed by atoms with Crippen LogP contribution in [0, 0.1) is 20.8 Å². The van der Waals surface area contributed by atoms with Crippen LogP contribution < -0.4 is 0 Å². The minimum Gasteiger partial charge on any atom is -0.344 e. The Bertz CT molecular complexity index is 14.3. The molecule has 0 rings (SSSR count). The molecule has 0 heterocycles. The molecule has 0 nitrogen and oxygen atoms in total. The molecule has 1 radical (unpaired) electrons.